The molecule has 0 amide bonds. The minimum absolute atomic E-state index is 0.0752. The molecule has 0 unspecified atom stereocenters. The van der Waals surface area contributed by atoms with Crippen molar-refractivity contribution in [1.82, 2.24) is 15.0 Å². The molecule has 4 aliphatic rings. The number of methoxy groups -OCH3 is 1. The van der Waals surface area contributed by atoms with Crippen molar-refractivity contribution >= 4 is 16.8 Å². The van der Waals surface area contributed by atoms with Crippen LogP contribution < -0.4 is 0 Å². The lowest BCUT2D eigenvalue weighted by Crippen LogP contribution is -2.58. The summed E-state index contributed by atoms with van der Waals surface area (Å²) in [5.74, 6) is 2.93. The highest BCUT2D eigenvalue weighted by molar-refractivity contribution is 5.84. The van der Waals surface area contributed by atoms with Gasteiger partial charge in [-0.2, -0.15) is 0 Å². The van der Waals surface area contributed by atoms with Gasteiger partial charge < -0.3 is 9.84 Å². The van der Waals surface area contributed by atoms with Gasteiger partial charge in [0.25, 0.3) is 0 Å². The standard InChI is InChI=1S/C30H43N3O3/c1-19-5-10-25-26(15-19)33(32-31-25)17-27(34)24-9-8-22-21-7-6-20-16-28(2,35)13-14-30(20,18-36-4)23(21)11-12-29(22,24)3/h5,10,15,20-24,35H,6-9,11-14,16-18H2,1-4H3/t20-,21-,22-,23-,24+,28+,29-,30+/m0/s1. The molecule has 4 saturated carbocycles. The van der Waals surface area contributed by atoms with Gasteiger partial charge in [0.1, 0.15) is 12.1 Å². The molecule has 1 heterocycles. The molecule has 196 valence electrons. The first-order chi connectivity index (χ1) is 17.2. The fraction of sp³-hybridized carbons (Fsp3) is 0.767. The minimum Gasteiger partial charge on any atom is -0.390 e. The van der Waals surface area contributed by atoms with Crippen LogP contribution in [0.4, 0.5) is 0 Å². The van der Waals surface area contributed by atoms with Crippen molar-refractivity contribution in [2.45, 2.75) is 90.7 Å². The number of carbonyl (C=O) groups excluding carboxylic acids is 1. The zero-order valence-electron chi connectivity index (χ0n) is 22.5. The largest absolute Gasteiger partial charge is 0.390 e. The summed E-state index contributed by atoms with van der Waals surface area (Å²) in [6.07, 6.45) is 9.78. The van der Waals surface area contributed by atoms with Crippen LogP contribution in [0.3, 0.4) is 0 Å². The molecule has 0 aliphatic heterocycles. The van der Waals surface area contributed by atoms with E-state index in [-0.39, 0.29) is 16.7 Å². The Kier molecular flexibility index (Phi) is 5.88. The molecule has 0 saturated heterocycles. The number of rotatable bonds is 5. The Bertz CT molecular complexity index is 1160. The number of Topliss-reactive ketones (excluding diaryl/α,β-unsaturated/α-hetero) is 1. The average molecular weight is 494 g/mol. The minimum atomic E-state index is -0.535. The lowest BCUT2D eigenvalue weighted by molar-refractivity contribution is -0.175. The van der Waals surface area contributed by atoms with Gasteiger partial charge in [-0.3, -0.25) is 4.79 Å². The van der Waals surface area contributed by atoms with E-state index in [9.17, 15) is 9.90 Å². The van der Waals surface area contributed by atoms with Gasteiger partial charge in [0.2, 0.25) is 0 Å². The Labute approximate surface area is 215 Å². The van der Waals surface area contributed by atoms with Crippen molar-refractivity contribution in [3.05, 3.63) is 23.8 Å². The highest BCUT2D eigenvalue weighted by Gasteiger charge is 2.63. The van der Waals surface area contributed by atoms with E-state index in [1.165, 1.54) is 19.3 Å². The zero-order valence-corrected chi connectivity index (χ0v) is 22.5. The normalized spacial score (nSPS) is 42.1. The molecule has 8 atom stereocenters. The van der Waals surface area contributed by atoms with E-state index in [4.69, 9.17) is 4.74 Å². The van der Waals surface area contributed by atoms with Gasteiger partial charge in [0.15, 0.2) is 5.78 Å². The number of hydrogen-bond donors (Lipinski definition) is 1. The van der Waals surface area contributed by atoms with Crippen molar-refractivity contribution in [1.29, 1.82) is 0 Å². The molecule has 2 aromatic rings. The van der Waals surface area contributed by atoms with Gasteiger partial charge in [-0.05, 0) is 124 Å². The van der Waals surface area contributed by atoms with Crippen LogP contribution in [0, 0.1) is 47.3 Å². The summed E-state index contributed by atoms with van der Waals surface area (Å²) in [4.78, 5) is 13.8. The van der Waals surface area contributed by atoms with Crippen molar-refractivity contribution in [2.75, 3.05) is 13.7 Å². The monoisotopic (exact) mass is 493 g/mol. The second-order valence-corrected chi connectivity index (χ2v) is 13.4. The van der Waals surface area contributed by atoms with Crippen LogP contribution in [0.15, 0.2) is 18.2 Å². The Morgan fingerprint density at radius 2 is 1.94 bits per heavy atom. The molecular weight excluding hydrogens is 450 g/mol. The number of ketones is 1. The van der Waals surface area contributed by atoms with Crippen LogP contribution in [-0.4, -0.2) is 45.2 Å². The molecule has 1 aromatic carbocycles. The SMILES string of the molecule is COC[C@]12CC[C@@](C)(O)C[C@@H]1CC[C@H]1[C@@H]3CC[C@H](C(=O)Cn4nnc5ccc(C)cc54)[C@@]3(C)CC[C@@H]12. The van der Waals surface area contributed by atoms with E-state index in [2.05, 4.69) is 30.2 Å². The number of nitrogens with zero attached hydrogens (tertiary/aromatic N) is 3. The number of aliphatic hydroxyl groups is 1. The Morgan fingerprint density at radius 3 is 2.75 bits per heavy atom. The first kappa shape index (κ1) is 24.5. The van der Waals surface area contributed by atoms with E-state index < -0.39 is 5.60 Å². The average Bonchev–Trinajstić information content (AvgIpc) is 3.39. The number of hydrogen-bond acceptors (Lipinski definition) is 5. The molecule has 6 nitrogen and oxygen atoms in total. The van der Waals surface area contributed by atoms with Crippen LogP contribution in [0.1, 0.15) is 77.2 Å². The summed E-state index contributed by atoms with van der Waals surface area (Å²) < 4.78 is 7.72. The van der Waals surface area contributed by atoms with Gasteiger partial charge in [-0.1, -0.05) is 18.2 Å². The molecule has 0 bridgehead atoms. The van der Waals surface area contributed by atoms with Gasteiger partial charge in [-0.25, -0.2) is 4.68 Å². The number of benzene rings is 1. The highest BCUT2D eigenvalue weighted by atomic mass is 16.5. The molecule has 1 aromatic heterocycles. The topological polar surface area (TPSA) is 77.2 Å². The summed E-state index contributed by atoms with van der Waals surface area (Å²) in [6.45, 7) is 7.66. The van der Waals surface area contributed by atoms with E-state index in [1.54, 1.807) is 0 Å². The first-order valence-corrected chi connectivity index (χ1v) is 14.2. The molecule has 4 aliphatic carbocycles. The van der Waals surface area contributed by atoms with Crippen LogP contribution in [0.5, 0.6) is 0 Å². The van der Waals surface area contributed by atoms with Crippen molar-refractivity contribution < 1.29 is 14.6 Å². The van der Waals surface area contributed by atoms with Crippen LogP contribution >= 0.6 is 0 Å². The molecular formula is C30H43N3O3. The second-order valence-electron chi connectivity index (χ2n) is 13.4. The highest BCUT2D eigenvalue weighted by Crippen LogP contribution is 2.68. The number of fused-ring (bicyclic) bond motifs is 6. The maximum Gasteiger partial charge on any atom is 0.157 e. The van der Waals surface area contributed by atoms with Gasteiger partial charge >= 0.3 is 0 Å². The number of aryl methyl sites for hydroxylation is 1. The third-order valence-electron chi connectivity index (χ3n) is 11.4. The summed E-state index contributed by atoms with van der Waals surface area (Å²) in [7, 11) is 1.86. The van der Waals surface area contributed by atoms with Crippen molar-refractivity contribution in [3.63, 3.8) is 0 Å². The third-order valence-corrected chi connectivity index (χ3v) is 11.4. The molecule has 6 heteroatoms. The maximum absolute atomic E-state index is 13.8. The summed E-state index contributed by atoms with van der Waals surface area (Å²) >= 11 is 0. The second kappa shape index (κ2) is 8.62. The molecule has 0 radical (unpaired) electrons. The van der Waals surface area contributed by atoms with E-state index in [0.29, 0.717) is 36.0 Å². The fourth-order valence-electron chi connectivity index (χ4n) is 9.76. The summed E-state index contributed by atoms with van der Waals surface area (Å²) in [5.41, 5.74) is 2.71. The van der Waals surface area contributed by atoms with E-state index >= 15 is 0 Å². The molecule has 6 rings (SSSR count). The third kappa shape index (κ3) is 3.69. The number of ether oxygens (including phenoxy) is 1. The Hall–Kier alpha value is -1.79. The van der Waals surface area contributed by atoms with Gasteiger partial charge in [0, 0.05) is 13.0 Å². The first-order valence-electron chi connectivity index (χ1n) is 14.2. The number of aromatic nitrogens is 3. The maximum atomic E-state index is 13.8. The predicted octanol–water partition coefficient (Wildman–Crippen LogP) is 5.35. The van der Waals surface area contributed by atoms with Crippen LogP contribution in [0.2, 0.25) is 0 Å². The number of carbonyl (C=O) groups is 1. The lowest BCUT2D eigenvalue weighted by Gasteiger charge is -2.62. The lowest BCUT2D eigenvalue weighted by atomic mass is 9.43. The summed E-state index contributed by atoms with van der Waals surface area (Å²) in [5, 5.41) is 19.5. The smallest absolute Gasteiger partial charge is 0.157 e. The molecule has 36 heavy (non-hydrogen) atoms. The fourth-order valence-corrected chi connectivity index (χ4v) is 9.76. The Balaban J connectivity index is 1.24. The zero-order chi connectivity index (χ0) is 25.3. The van der Waals surface area contributed by atoms with E-state index in [0.717, 1.165) is 61.7 Å². The van der Waals surface area contributed by atoms with Gasteiger partial charge in [0.05, 0.1) is 17.7 Å². The van der Waals surface area contributed by atoms with Crippen molar-refractivity contribution in [2.24, 2.45) is 40.4 Å². The van der Waals surface area contributed by atoms with Crippen LogP contribution in [-0.2, 0) is 16.1 Å². The van der Waals surface area contributed by atoms with Crippen LogP contribution in [0.25, 0.3) is 11.0 Å². The molecule has 4 fully saturated rings. The molecule has 1 N–H and O–H groups in total. The van der Waals surface area contributed by atoms with E-state index in [1.807, 2.05) is 30.8 Å². The van der Waals surface area contributed by atoms with Crippen molar-refractivity contribution in [3.8, 4) is 0 Å². The Morgan fingerprint density at radius 1 is 1.11 bits per heavy atom. The predicted molar refractivity (Wildman–Crippen MR) is 139 cm³/mol. The molecule has 0 spiro atoms. The quantitative estimate of drug-likeness (QED) is 0.608. The van der Waals surface area contributed by atoms with Gasteiger partial charge in [-0.15, -0.1) is 5.10 Å². The summed E-state index contributed by atoms with van der Waals surface area (Å²) in [6, 6.07) is 6.12.